The first-order chi connectivity index (χ1) is 15.7. The minimum Gasteiger partial charge on any atom is -0.507 e. The van der Waals surface area contributed by atoms with Crippen LogP contribution in [0.25, 0.3) is 22.6 Å². The van der Waals surface area contributed by atoms with E-state index in [1.807, 2.05) is 66.7 Å². The summed E-state index contributed by atoms with van der Waals surface area (Å²) in [6.45, 7) is 0. The minimum absolute atomic E-state index is 0.0188. The summed E-state index contributed by atoms with van der Waals surface area (Å²) < 4.78 is 11.3. The molecule has 1 N–H and O–H groups in total. The van der Waals surface area contributed by atoms with Crippen molar-refractivity contribution in [2.24, 2.45) is 0 Å². The summed E-state index contributed by atoms with van der Waals surface area (Å²) in [5.74, 6) is 2.26. The number of phenols is 1. The molecule has 0 atom stereocenters. The van der Waals surface area contributed by atoms with E-state index in [9.17, 15) is 9.90 Å². The summed E-state index contributed by atoms with van der Waals surface area (Å²) in [5.41, 5.74) is 3.93. The molecule has 2 heterocycles. The van der Waals surface area contributed by atoms with Crippen LogP contribution in [0.5, 0.6) is 11.5 Å². The van der Waals surface area contributed by atoms with Crippen molar-refractivity contribution >= 4 is 16.9 Å². The van der Waals surface area contributed by atoms with Gasteiger partial charge in [-0.15, -0.1) is 0 Å². The number of nitrogens with zero attached hydrogens (tertiary/aromatic N) is 1. The van der Waals surface area contributed by atoms with Crippen LogP contribution in [0.15, 0.2) is 113 Å². The number of hydrogen-bond donors (Lipinski definition) is 1. The average Bonchev–Trinajstić information content (AvgIpc) is 3.44. The summed E-state index contributed by atoms with van der Waals surface area (Å²) in [5, 5.41) is 9.69. The molecule has 5 heteroatoms. The van der Waals surface area contributed by atoms with Gasteiger partial charge in [0.15, 0.2) is 11.4 Å². The van der Waals surface area contributed by atoms with Gasteiger partial charge in [0.2, 0.25) is 5.89 Å². The number of aromatic nitrogens is 1. The standard InChI is InChI=1S/C14H10O2.C13H9NO2/c15-12-7-3-2-6-11(12)14-9-10-5-1-4-8-13(10)16-14;15-11-7-3-1-5-9(11)13-14-10-6-2-4-8-12(10)16-13/h1-8H,9H2;1-8,15H/b14-11+;. The van der Waals surface area contributed by atoms with Crippen LogP contribution < -0.4 is 4.74 Å². The van der Waals surface area contributed by atoms with E-state index in [4.69, 9.17) is 9.15 Å². The number of oxazole rings is 1. The molecular formula is C27H19NO4. The predicted octanol–water partition coefficient (Wildman–Crippen LogP) is 5.77. The van der Waals surface area contributed by atoms with Gasteiger partial charge in [0, 0.05) is 12.0 Å². The Morgan fingerprint density at radius 2 is 1.59 bits per heavy atom. The first-order valence-corrected chi connectivity index (χ1v) is 10.2. The van der Waals surface area contributed by atoms with Gasteiger partial charge >= 0.3 is 0 Å². The van der Waals surface area contributed by atoms with Crippen molar-refractivity contribution in [2.45, 2.75) is 6.42 Å². The molecule has 2 aliphatic rings. The van der Waals surface area contributed by atoms with Crippen LogP contribution >= 0.6 is 0 Å². The zero-order valence-electron chi connectivity index (χ0n) is 17.1. The molecule has 156 valence electrons. The molecular weight excluding hydrogens is 402 g/mol. The molecule has 6 rings (SSSR count). The van der Waals surface area contributed by atoms with Gasteiger partial charge in [-0.05, 0) is 42.5 Å². The first kappa shape index (κ1) is 19.6. The predicted molar refractivity (Wildman–Crippen MR) is 122 cm³/mol. The summed E-state index contributed by atoms with van der Waals surface area (Å²) in [6.07, 6.45) is 7.68. The summed E-state index contributed by atoms with van der Waals surface area (Å²) in [7, 11) is 0. The number of phenolic OH excluding ortho intramolecular Hbond substituents is 1. The maximum Gasteiger partial charge on any atom is 0.231 e. The van der Waals surface area contributed by atoms with Crippen LogP contribution in [0, 0.1) is 0 Å². The molecule has 4 aromatic rings. The Hall–Kier alpha value is -4.38. The lowest BCUT2D eigenvalue weighted by Crippen LogP contribution is -2.05. The average molecular weight is 421 g/mol. The molecule has 0 saturated carbocycles. The summed E-state index contributed by atoms with van der Waals surface area (Å²) in [4.78, 5) is 16.0. The SMILES string of the molecule is O=C1C=CC=C/C1=C1/Cc2ccccc2O1.Oc1ccccc1-c1nc2ccccc2o1. The molecule has 1 aliphatic carbocycles. The van der Waals surface area contributed by atoms with E-state index in [1.165, 1.54) is 0 Å². The third-order valence-electron chi connectivity index (χ3n) is 5.17. The zero-order chi connectivity index (χ0) is 21.9. The van der Waals surface area contributed by atoms with Crippen LogP contribution in [0.4, 0.5) is 0 Å². The normalized spacial score (nSPS) is 16.4. The molecule has 0 bridgehead atoms. The second-order valence-corrected chi connectivity index (χ2v) is 7.31. The highest BCUT2D eigenvalue weighted by Crippen LogP contribution is 2.33. The number of benzene rings is 3. The molecule has 0 fully saturated rings. The number of aromatic hydroxyl groups is 1. The molecule has 3 aromatic carbocycles. The number of rotatable bonds is 1. The van der Waals surface area contributed by atoms with Gasteiger partial charge in [-0.25, -0.2) is 4.98 Å². The Bertz CT molecular complexity index is 1350. The summed E-state index contributed by atoms with van der Waals surface area (Å²) in [6, 6.07) is 22.4. The molecule has 1 aromatic heterocycles. The second-order valence-electron chi connectivity index (χ2n) is 7.31. The van der Waals surface area contributed by atoms with Gasteiger partial charge in [-0.1, -0.05) is 54.6 Å². The number of para-hydroxylation sites is 4. The Morgan fingerprint density at radius 1 is 0.844 bits per heavy atom. The van der Waals surface area contributed by atoms with Crippen LogP contribution in [0.1, 0.15) is 5.56 Å². The number of ketones is 1. The third kappa shape index (κ3) is 3.84. The van der Waals surface area contributed by atoms with Crippen molar-refractivity contribution in [1.82, 2.24) is 4.98 Å². The van der Waals surface area contributed by atoms with Gasteiger partial charge in [0.25, 0.3) is 0 Å². The van der Waals surface area contributed by atoms with E-state index in [-0.39, 0.29) is 11.5 Å². The van der Waals surface area contributed by atoms with Crippen LogP contribution in [0.2, 0.25) is 0 Å². The molecule has 0 unspecified atom stereocenters. The number of carbonyl (C=O) groups is 1. The van der Waals surface area contributed by atoms with Crippen molar-refractivity contribution in [2.75, 3.05) is 0 Å². The fourth-order valence-electron chi connectivity index (χ4n) is 3.58. The summed E-state index contributed by atoms with van der Waals surface area (Å²) >= 11 is 0. The molecule has 0 amide bonds. The van der Waals surface area contributed by atoms with Gasteiger partial charge in [0.05, 0.1) is 11.1 Å². The van der Waals surface area contributed by atoms with Crippen LogP contribution in [0.3, 0.4) is 0 Å². The number of fused-ring (bicyclic) bond motifs is 2. The number of carbonyl (C=O) groups excluding carboxylic acids is 1. The third-order valence-corrected chi connectivity index (χ3v) is 5.17. The molecule has 0 saturated heterocycles. The van der Waals surface area contributed by atoms with E-state index in [0.717, 1.165) is 28.2 Å². The van der Waals surface area contributed by atoms with Crippen molar-refractivity contribution in [3.8, 4) is 23.0 Å². The van der Waals surface area contributed by atoms with Crippen LogP contribution in [-0.4, -0.2) is 15.9 Å². The quantitative estimate of drug-likeness (QED) is 0.395. The molecule has 1 aliphatic heterocycles. The van der Waals surface area contributed by atoms with Crippen LogP contribution in [-0.2, 0) is 11.2 Å². The largest absolute Gasteiger partial charge is 0.507 e. The monoisotopic (exact) mass is 421 g/mol. The number of hydrogen-bond acceptors (Lipinski definition) is 5. The highest BCUT2D eigenvalue weighted by Gasteiger charge is 2.22. The molecule has 0 radical (unpaired) electrons. The van der Waals surface area contributed by atoms with E-state index in [1.54, 1.807) is 30.4 Å². The van der Waals surface area contributed by atoms with E-state index in [2.05, 4.69) is 4.98 Å². The van der Waals surface area contributed by atoms with Gasteiger partial charge in [-0.2, -0.15) is 0 Å². The molecule has 32 heavy (non-hydrogen) atoms. The Kier molecular flexibility index (Phi) is 5.14. The molecule has 5 nitrogen and oxygen atoms in total. The van der Waals surface area contributed by atoms with Crippen molar-refractivity contribution < 1.29 is 19.1 Å². The van der Waals surface area contributed by atoms with Crippen molar-refractivity contribution in [1.29, 1.82) is 0 Å². The lowest BCUT2D eigenvalue weighted by atomic mass is 10.0. The highest BCUT2D eigenvalue weighted by atomic mass is 16.5. The van der Waals surface area contributed by atoms with E-state index >= 15 is 0 Å². The maximum atomic E-state index is 11.7. The Labute approximate surface area is 184 Å². The van der Waals surface area contributed by atoms with E-state index < -0.39 is 0 Å². The van der Waals surface area contributed by atoms with E-state index in [0.29, 0.717) is 23.4 Å². The fraction of sp³-hybridized carbons (Fsp3) is 0.0370. The fourth-order valence-corrected chi connectivity index (χ4v) is 3.58. The second kappa shape index (κ2) is 8.40. The molecule has 0 spiro atoms. The lowest BCUT2D eigenvalue weighted by Gasteiger charge is -2.05. The zero-order valence-corrected chi connectivity index (χ0v) is 17.1. The highest BCUT2D eigenvalue weighted by molar-refractivity contribution is 6.07. The van der Waals surface area contributed by atoms with Gasteiger partial charge in [-0.3, -0.25) is 4.79 Å². The van der Waals surface area contributed by atoms with Gasteiger partial charge in [0.1, 0.15) is 22.8 Å². The maximum absolute atomic E-state index is 11.7. The number of ether oxygens (including phenoxy) is 1. The Morgan fingerprint density at radius 3 is 2.41 bits per heavy atom. The topological polar surface area (TPSA) is 72.6 Å². The Balaban J connectivity index is 0.000000135. The first-order valence-electron chi connectivity index (χ1n) is 10.2. The van der Waals surface area contributed by atoms with Crippen molar-refractivity contribution in [3.63, 3.8) is 0 Å². The van der Waals surface area contributed by atoms with Crippen molar-refractivity contribution in [3.05, 3.63) is 114 Å². The smallest absolute Gasteiger partial charge is 0.231 e. The minimum atomic E-state index is 0.0188. The lowest BCUT2D eigenvalue weighted by molar-refractivity contribution is -0.111. The van der Waals surface area contributed by atoms with Gasteiger partial charge < -0.3 is 14.3 Å². The number of allylic oxidation sites excluding steroid dienone is 6.